The van der Waals surface area contributed by atoms with Gasteiger partial charge in [-0.1, -0.05) is 19.8 Å². The number of hydrogen-bond acceptors (Lipinski definition) is 2. The third kappa shape index (κ3) is 2.49. The predicted molar refractivity (Wildman–Crippen MR) is 69.8 cm³/mol. The van der Waals surface area contributed by atoms with Gasteiger partial charge >= 0.3 is 0 Å². The van der Waals surface area contributed by atoms with Crippen LogP contribution in [-0.2, 0) is 5.60 Å². The summed E-state index contributed by atoms with van der Waals surface area (Å²) in [5.74, 6) is 0.829. The summed E-state index contributed by atoms with van der Waals surface area (Å²) < 4.78 is 0. The van der Waals surface area contributed by atoms with Crippen molar-refractivity contribution in [2.24, 2.45) is 5.92 Å². The van der Waals surface area contributed by atoms with E-state index in [2.05, 4.69) is 26.0 Å². The van der Waals surface area contributed by atoms with Gasteiger partial charge in [-0.25, -0.2) is 0 Å². The molecular weight excluding hydrogens is 216 g/mol. The molecule has 1 N–H and O–H groups in total. The summed E-state index contributed by atoms with van der Waals surface area (Å²) in [5, 5.41) is 10.8. The molecule has 2 heteroatoms. The molecule has 16 heavy (non-hydrogen) atoms. The van der Waals surface area contributed by atoms with Crippen LogP contribution in [0.5, 0.6) is 0 Å². The number of hydrogen-bond donors (Lipinski definition) is 1. The monoisotopic (exact) mass is 238 g/mol. The van der Waals surface area contributed by atoms with Gasteiger partial charge in [0.1, 0.15) is 0 Å². The van der Waals surface area contributed by atoms with Crippen LogP contribution in [0.4, 0.5) is 0 Å². The second kappa shape index (κ2) is 4.89. The average Bonchev–Trinajstić information content (AvgIpc) is 2.61. The van der Waals surface area contributed by atoms with E-state index < -0.39 is 5.60 Å². The molecule has 0 aliphatic heterocycles. The maximum Gasteiger partial charge on any atom is 0.0988 e. The zero-order chi connectivity index (χ0) is 11.6. The number of rotatable bonds is 2. The standard InChI is InChI=1S/C14H22OS/c1-3-12-5-4-9-14(15,10-8-12)13-7-6-11(2)16-13/h6-7,12,15H,3-5,8-10H2,1-2H3. The van der Waals surface area contributed by atoms with Gasteiger partial charge < -0.3 is 5.11 Å². The summed E-state index contributed by atoms with van der Waals surface area (Å²) in [4.78, 5) is 2.49. The van der Waals surface area contributed by atoms with Crippen molar-refractivity contribution in [2.45, 2.75) is 58.0 Å². The van der Waals surface area contributed by atoms with Crippen LogP contribution in [0.2, 0.25) is 0 Å². The molecule has 1 fully saturated rings. The van der Waals surface area contributed by atoms with Crippen molar-refractivity contribution in [1.29, 1.82) is 0 Å². The van der Waals surface area contributed by atoms with Crippen molar-refractivity contribution in [3.63, 3.8) is 0 Å². The Morgan fingerprint density at radius 3 is 2.81 bits per heavy atom. The molecule has 0 aromatic carbocycles. The lowest BCUT2D eigenvalue weighted by molar-refractivity contribution is 0.0233. The number of aryl methyl sites for hydroxylation is 1. The van der Waals surface area contributed by atoms with Gasteiger partial charge in [-0.05, 0) is 50.7 Å². The molecule has 1 aliphatic carbocycles. The minimum absolute atomic E-state index is 0.525. The molecule has 1 aliphatic rings. The SMILES string of the molecule is CCC1CCCC(O)(c2ccc(C)s2)CC1. The van der Waals surface area contributed by atoms with Crippen molar-refractivity contribution in [3.8, 4) is 0 Å². The molecule has 2 unspecified atom stereocenters. The Bertz CT molecular complexity index is 344. The fraction of sp³-hybridized carbons (Fsp3) is 0.714. The molecule has 0 saturated heterocycles. The second-order valence-electron chi connectivity index (χ2n) is 5.15. The lowest BCUT2D eigenvalue weighted by Crippen LogP contribution is -2.23. The smallest absolute Gasteiger partial charge is 0.0988 e. The van der Waals surface area contributed by atoms with Crippen LogP contribution in [0.3, 0.4) is 0 Å². The molecule has 1 saturated carbocycles. The summed E-state index contributed by atoms with van der Waals surface area (Å²) in [7, 11) is 0. The van der Waals surface area contributed by atoms with Crippen molar-refractivity contribution in [2.75, 3.05) is 0 Å². The Balaban J connectivity index is 2.13. The lowest BCUT2D eigenvalue weighted by Gasteiger charge is -2.25. The van der Waals surface area contributed by atoms with E-state index in [0.29, 0.717) is 0 Å². The van der Waals surface area contributed by atoms with E-state index in [9.17, 15) is 5.11 Å². The molecule has 1 aromatic rings. The summed E-state index contributed by atoms with van der Waals surface area (Å²) >= 11 is 1.76. The normalized spacial score (nSPS) is 31.3. The Hall–Kier alpha value is -0.340. The minimum atomic E-state index is -0.525. The van der Waals surface area contributed by atoms with Crippen molar-refractivity contribution in [1.82, 2.24) is 0 Å². The molecule has 2 atom stereocenters. The molecule has 0 amide bonds. The third-order valence-corrected chi connectivity index (χ3v) is 5.14. The van der Waals surface area contributed by atoms with Gasteiger partial charge in [0.2, 0.25) is 0 Å². The molecule has 1 aromatic heterocycles. The van der Waals surface area contributed by atoms with Gasteiger partial charge in [-0.3, -0.25) is 0 Å². The summed E-state index contributed by atoms with van der Waals surface area (Å²) in [5.41, 5.74) is -0.525. The Morgan fingerprint density at radius 2 is 2.19 bits per heavy atom. The lowest BCUT2D eigenvalue weighted by atomic mass is 9.91. The van der Waals surface area contributed by atoms with Gasteiger partial charge in [0.25, 0.3) is 0 Å². The van der Waals surface area contributed by atoms with Crippen molar-refractivity contribution < 1.29 is 5.11 Å². The fourth-order valence-corrected chi connectivity index (χ4v) is 3.75. The first-order valence-corrected chi connectivity index (χ1v) is 7.25. The van der Waals surface area contributed by atoms with Crippen LogP contribution in [0.15, 0.2) is 12.1 Å². The van der Waals surface area contributed by atoms with Crippen LogP contribution in [0.1, 0.15) is 55.2 Å². The van der Waals surface area contributed by atoms with Gasteiger partial charge in [-0.15, -0.1) is 11.3 Å². The summed E-state index contributed by atoms with van der Waals surface area (Å²) in [6, 6.07) is 4.24. The quantitative estimate of drug-likeness (QED) is 0.764. The first kappa shape index (κ1) is 12.1. The molecule has 0 spiro atoms. The average molecular weight is 238 g/mol. The zero-order valence-corrected chi connectivity index (χ0v) is 11.1. The molecule has 1 nitrogen and oxygen atoms in total. The highest BCUT2D eigenvalue weighted by Gasteiger charge is 2.33. The summed E-state index contributed by atoms with van der Waals surface area (Å²) in [6.45, 7) is 4.38. The van der Waals surface area contributed by atoms with Gasteiger partial charge in [0.15, 0.2) is 0 Å². The highest BCUT2D eigenvalue weighted by atomic mass is 32.1. The predicted octanol–water partition coefficient (Wildman–Crippen LogP) is 4.23. The maximum atomic E-state index is 10.8. The van der Waals surface area contributed by atoms with Gasteiger partial charge in [0, 0.05) is 9.75 Å². The number of aliphatic hydroxyl groups is 1. The number of thiophene rings is 1. The van der Waals surface area contributed by atoms with Crippen LogP contribution in [-0.4, -0.2) is 5.11 Å². The highest BCUT2D eigenvalue weighted by Crippen LogP contribution is 2.41. The van der Waals surface area contributed by atoms with E-state index in [1.54, 1.807) is 11.3 Å². The summed E-state index contributed by atoms with van der Waals surface area (Å²) in [6.07, 6.45) is 6.81. The van der Waals surface area contributed by atoms with Gasteiger partial charge in [0.05, 0.1) is 5.60 Å². The molecular formula is C14H22OS. The largest absolute Gasteiger partial charge is 0.384 e. The van der Waals surface area contributed by atoms with E-state index in [-0.39, 0.29) is 0 Å². The topological polar surface area (TPSA) is 20.2 Å². The van der Waals surface area contributed by atoms with Crippen LogP contribution in [0.25, 0.3) is 0 Å². The van der Waals surface area contributed by atoms with E-state index in [4.69, 9.17) is 0 Å². The maximum absolute atomic E-state index is 10.8. The Morgan fingerprint density at radius 1 is 1.38 bits per heavy atom. The van der Waals surface area contributed by atoms with E-state index >= 15 is 0 Å². The molecule has 2 rings (SSSR count). The fourth-order valence-electron chi connectivity index (χ4n) is 2.73. The second-order valence-corrected chi connectivity index (χ2v) is 6.43. The van der Waals surface area contributed by atoms with Crippen LogP contribution in [0, 0.1) is 12.8 Å². The Labute approximate surface area is 103 Å². The Kier molecular flexibility index (Phi) is 3.70. The third-order valence-electron chi connectivity index (χ3n) is 3.95. The first-order chi connectivity index (χ1) is 7.64. The van der Waals surface area contributed by atoms with Crippen LogP contribution >= 0.6 is 11.3 Å². The van der Waals surface area contributed by atoms with Crippen molar-refractivity contribution in [3.05, 3.63) is 21.9 Å². The van der Waals surface area contributed by atoms with E-state index in [1.165, 1.54) is 35.4 Å². The molecule has 1 heterocycles. The van der Waals surface area contributed by atoms with E-state index in [0.717, 1.165) is 18.8 Å². The van der Waals surface area contributed by atoms with Gasteiger partial charge in [-0.2, -0.15) is 0 Å². The van der Waals surface area contributed by atoms with E-state index in [1.807, 2.05) is 0 Å². The zero-order valence-electron chi connectivity index (χ0n) is 10.3. The van der Waals surface area contributed by atoms with Crippen molar-refractivity contribution >= 4 is 11.3 Å². The molecule has 0 bridgehead atoms. The van der Waals surface area contributed by atoms with Crippen LogP contribution < -0.4 is 0 Å². The molecule has 90 valence electrons. The minimum Gasteiger partial charge on any atom is -0.384 e. The highest BCUT2D eigenvalue weighted by molar-refractivity contribution is 7.12. The molecule has 0 radical (unpaired) electrons. The first-order valence-electron chi connectivity index (χ1n) is 6.43.